The summed E-state index contributed by atoms with van der Waals surface area (Å²) in [6, 6.07) is 2.78. The van der Waals surface area contributed by atoms with Crippen LogP contribution in [-0.2, 0) is 14.8 Å². The Morgan fingerprint density at radius 3 is 2.69 bits per heavy atom. The van der Waals surface area contributed by atoms with E-state index in [4.69, 9.17) is 9.52 Å². The van der Waals surface area contributed by atoms with Crippen LogP contribution in [-0.4, -0.2) is 37.4 Å². The maximum atomic E-state index is 11.8. The molecule has 7 heteroatoms. The van der Waals surface area contributed by atoms with Gasteiger partial charge in [-0.05, 0) is 12.1 Å². The van der Waals surface area contributed by atoms with Crippen molar-refractivity contribution in [1.29, 1.82) is 0 Å². The molecular weight excluding hydrogens is 234 g/mol. The topological polar surface area (TPSA) is 87.8 Å². The van der Waals surface area contributed by atoms with Gasteiger partial charge >= 0.3 is 5.97 Å². The van der Waals surface area contributed by atoms with Crippen LogP contribution < -0.4 is 0 Å². The fourth-order valence-electron chi connectivity index (χ4n) is 1.13. The Morgan fingerprint density at radius 1 is 1.62 bits per heavy atom. The van der Waals surface area contributed by atoms with Crippen LogP contribution in [0.5, 0.6) is 0 Å². The molecule has 0 fully saturated rings. The van der Waals surface area contributed by atoms with Crippen LogP contribution in [0.1, 0.15) is 6.92 Å². The summed E-state index contributed by atoms with van der Waals surface area (Å²) < 4.78 is 29.3. The summed E-state index contributed by atoms with van der Waals surface area (Å²) >= 11 is 0. The molecule has 0 saturated heterocycles. The number of rotatable bonds is 5. The zero-order valence-corrected chi connectivity index (χ0v) is 9.77. The van der Waals surface area contributed by atoms with E-state index in [9.17, 15) is 13.2 Å². The van der Waals surface area contributed by atoms with E-state index in [1.54, 1.807) is 0 Å². The number of hydrogen-bond acceptors (Lipinski definition) is 4. The lowest BCUT2D eigenvalue weighted by Crippen LogP contribution is -2.33. The quantitative estimate of drug-likeness (QED) is 0.824. The van der Waals surface area contributed by atoms with Crippen molar-refractivity contribution < 1.29 is 22.7 Å². The van der Waals surface area contributed by atoms with Crippen LogP contribution in [0.2, 0.25) is 0 Å². The molecule has 0 aliphatic carbocycles. The summed E-state index contributed by atoms with van der Waals surface area (Å²) in [5.41, 5.74) is 0. The maximum absolute atomic E-state index is 11.8. The van der Waals surface area contributed by atoms with Gasteiger partial charge in [-0.25, -0.2) is 8.42 Å². The van der Waals surface area contributed by atoms with Crippen molar-refractivity contribution in [3.63, 3.8) is 0 Å². The predicted molar refractivity (Wildman–Crippen MR) is 55.3 cm³/mol. The van der Waals surface area contributed by atoms with Gasteiger partial charge in [-0.3, -0.25) is 4.79 Å². The fourth-order valence-corrected chi connectivity index (χ4v) is 2.28. The largest absolute Gasteiger partial charge is 0.481 e. The zero-order chi connectivity index (χ0) is 12.3. The second-order valence-electron chi connectivity index (χ2n) is 3.46. The minimum Gasteiger partial charge on any atom is -0.481 e. The molecule has 0 aliphatic heterocycles. The molecule has 0 bridgehead atoms. The molecule has 0 radical (unpaired) electrons. The number of carbonyl (C=O) groups is 1. The number of carboxylic acid groups (broad SMARTS) is 1. The lowest BCUT2D eigenvalue weighted by molar-refractivity contribution is -0.141. The second kappa shape index (κ2) is 4.67. The highest BCUT2D eigenvalue weighted by Gasteiger charge is 2.26. The van der Waals surface area contributed by atoms with Gasteiger partial charge in [0, 0.05) is 13.6 Å². The summed E-state index contributed by atoms with van der Waals surface area (Å²) in [5.74, 6) is -1.81. The molecule has 1 atom stereocenters. The van der Waals surface area contributed by atoms with Crippen LogP contribution in [0.15, 0.2) is 27.9 Å². The Hall–Kier alpha value is -1.34. The van der Waals surface area contributed by atoms with E-state index >= 15 is 0 Å². The van der Waals surface area contributed by atoms with Crippen molar-refractivity contribution in [2.75, 3.05) is 13.6 Å². The Labute approximate surface area is 93.5 Å². The molecule has 0 aromatic carbocycles. The van der Waals surface area contributed by atoms with Crippen LogP contribution in [0.4, 0.5) is 0 Å². The van der Waals surface area contributed by atoms with Gasteiger partial charge in [0.25, 0.3) is 10.0 Å². The van der Waals surface area contributed by atoms with E-state index in [1.807, 2.05) is 0 Å². The molecule has 1 aromatic rings. The standard InChI is InChI=1S/C9H13NO5S/c1-7(9(11)12)6-10(2)16(13,14)8-4-3-5-15-8/h3-5,7H,6H2,1-2H3,(H,11,12). The third kappa shape index (κ3) is 2.61. The van der Waals surface area contributed by atoms with Crippen molar-refractivity contribution in [3.8, 4) is 0 Å². The van der Waals surface area contributed by atoms with E-state index in [2.05, 4.69) is 0 Å². The minimum atomic E-state index is -3.72. The van der Waals surface area contributed by atoms with Crippen LogP contribution in [0.3, 0.4) is 0 Å². The highest BCUT2D eigenvalue weighted by molar-refractivity contribution is 7.89. The van der Waals surface area contributed by atoms with Gasteiger partial charge in [-0.15, -0.1) is 0 Å². The van der Waals surface area contributed by atoms with Gasteiger partial charge in [-0.1, -0.05) is 6.92 Å². The highest BCUT2D eigenvalue weighted by atomic mass is 32.2. The summed E-state index contributed by atoms with van der Waals surface area (Å²) in [6.07, 6.45) is 1.25. The summed E-state index contributed by atoms with van der Waals surface area (Å²) in [4.78, 5) is 10.6. The number of carboxylic acids is 1. The molecular formula is C9H13NO5S. The molecule has 0 aliphatic rings. The Kier molecular flexibility index (Phi) is 3.71. The molecule has 16 heavy (non-hydrogen) atoms. The molecule has 0 amide bonds. The van der Waals surface area contributed by atoms with Crippen molar-refractivity contribution in [2.45, 2.75) is 12.0 Å². The summed E-state index contributed by atoms with van der Waals surface area (Å²) in [5, 5.41) is 8.49. The number of sulfonamides is 1. The second-order valence-corrected chi connectivity index (χ2v) is 5.43. The lowest BCUT2D eigenvalue weighted by atomic mass is 10.2. The molecule has 1 N–H and O–H groups in total. The first-order valence-corrected chi connectivity index (χ1v) is 6.02. The van der Waals surface area contributed by atoms with Gasteiger partial charge in [0.05, 0.1) is 12.2 Å². The number of furan rings is 1. The predicted octanol–water partition coefficient (Wildman–Crippen LogP) is 0.621. The highest BCUT2D eigenvalue weighted by Crippen LogP contribution is 2.15. The molecule has 90 valence electrons. The van der Waals surface area contributed by atoms with Crippen LogP contribution in [0.25, 0.3) is 0 Å². The first-order valence-electron chi connectivity index (χ1n) is 4.58. The molecule has 1 aromatic heterocycles. The third-order valence-electron chi connectivity index (χ3n) is 2.11. The van der Waals surface area contributed by atoms with Crippen molar-refractivity contribution in [1.82, 2.24) is 4.31 Å². The normalized spacial score (nSPS) is 13.9. The lowest BCUT2D eigenvalue weighted by Gasteiger charge is -2.17. The summed E-state index contributed by atoms with van der Waals surface area (Å²) in [7, 11) is -2.40. The van der Waals surface area contributed by atoms with E-state index < -0.39 is 21.9 Å². The SMILES string of the molecule is CC(CN(C)S(=O)(=O)c1ccco1)C(=O)O. The van der Waals surface area contributed by atoms with E-state index in [0.717, 1.165) is 4.31 Å². The van der Waals surface area contributed by atoms with E-state index in [0.29, 0.717) is 0 Å². The number of hydrogen-bond donors (Lipinski definition) is 1. The monoisotopic (exact) mass is 247 g/mol. The van der Waals surface area contributed by atoms with Crippen LogP contribution in [0, 0.1) is 5.92 Å². The first kappa shape index (κ1) is 12.7. The first-order chi connectivity index (χ1) is 7.35. The van der Waals surface area contributed by atoms with E-state index in [1.165, 1.54) is 32.4 Å². The minimum absolute atomic E-state index is 0.0988. The number of aliphatic carboxylic acids is 1. The summed E-state index contributed by atoms with van der Waals surface area (Å²) in [6.45, 7) is 1.34. The van der Waals surface area contributed by atoms with Crippen molar-refractivity contribution in [3.05, 3.63) is 18.4 Å². The third-order valence-corrected chi connectivity index (χ3v) is 3.82. The molecule has 1 unspecified atom stereocenters. The Bertz CT molecular complexity index is 450. The van der Waals surface area contributed by atoms with Crippen molar-refractivity contribution in [2.24, 2.45) is 5.92 Å². The molecule has 6 nitrogen and oxygen atoms in total. The van der Waals surface area contributed by atoms with Gasteiger partial charge < -0.3 is 9.52 Å². The smallest absolute Gasteiger partial charge is 0.307 e. The molecule has 1 heterocycles. The average Bonchev–Trinajstić information content (AvgIpc) is 2.70. The zero-order valence-electron chi connectivity index (χ0n) is 8.95. The van der Waals surface area contributed by atoms with Gasteiger partial charge in [-0.2, -0.15) is 4.31 Å². The Balaban J connectivity index is 2.82. The fraction of sp³-hybridized carbons (Fsp3) is 0.444. The van der Waals surface area contributed by atoms with Crippen molar-refractivity contribution >= 4 is 16.0 Å². The molecule has 0 saturated carbocycles. The Morgan fingerprint density at radius 2 is 2.25 bits per heavy atom. The van der Waals surface area contributed by atoms with E-state index in [-0.39, 0.29) is 11.6 Å². The maximum Gasteiger partial charge on any atom is 0.307 e. The molecule has 1 rings (SSSR count). The van der Waals surface area contributed by atoms with Gasteiger partial charge in [0.2, 0.25) is 5.09 Å². The van der Waals surface area contributed by atoms with Crippen LogP contribution >= 0.6 is 0 Å². The number of nitrogens with zero attached hydrogens (tertiary/aromatic N) is 1. The molecule has 0 spiro atoms. The van der Waals surface area contributed by atoms with Gasteiger partial charge in [0.1, 0.15) is 0 Å². The van der Waals surface area contributed by atoms with Gasteiger partial charge in [0.15, 0.2) is 0 Å². The average molecular weight is 247 g/mol.